The third-order valence-electron chi connectivity index (χ3n) is 14.7. The molecule has 71 heavy (non-hydrogen) atoms. The SMILES string of the molecule is CCCCCC/C=C\C/C=C\CCCCCCCCCC(=O)OCCCCCCCCCCCCCCC(=O)NC(CO)C(O)/C=C/CCCCCCCCCCCCCCCCCCCCCCCC. The molecule has 0 radical (unpaired) electrons. The van der Waals surface area contributed by atoms with Gasteiger partial charge in [-0.25, -0.2) is 0 Å². The lowest BCUT2D eigenvalue weighted by Crippen LogP contribution is -2.45. The maximum absolute atomic E-state index is 12.5. The molecule has 0 aromatic heterocycles. The van der Waals surface area contributed by atoms with Gasteiger partial charge >= 0.3 is 5.97 Å². The van der Waals surface area contributed by atoms with Crippen LogP contribution >= 0.6 is 0 Å². The van der Waals surface area contributed by atoms with E-state index in [9.17, 15) is 19.8 Å². The number of nitrogens with one attached hydrogen (secondary N) is 1. The Labute approximate surface area is 443 Å². The highest BCUT2D eigenvalue weighted by Crippen LogP contribution is 2.17. The van der Waals surface area contributed by atoms with Gasteiger partial charge in [-0.2, -0.15) is 0 Å². The Morgan fingerprint density at radius 1 is 0.394 bits per heavy atom. The fraction of sp³-hybridized carbons (Fsp3) is 0.877. The summed E-state index contributed by atoms with van der Waals surface area (Å²) in [6.07, 6.45) is 76.1. The van der Waals surface area contributed by atoms with Crippen LogP contribution < -0.4 is 5.32 Å². The minimum Gasteiger partial charge on any atom is -0.466 e. The van der Waals surface area contributed by atoms with E-state index in [1.165, 1.54) is 250 Å². The molecule has 0 aliphatic carbocycles. The Morgan fingerprint density at radius 2 is 0.704 bits per heavy atom. The van der Waals surface area contributed by atoms with E-state index in [-0.39, 0.29) is 18.5 Å². The largest absolute Gasteiger partial charge is 0.466 e. The van der Waals surface area contributed by atoms with E-state index in [0.717, 1.165) is 64.2 Å². The van der Waals surface area contributed by atoms with E-state index in [0.29, 0.717) is 19.4 Å². The molecule has 0 aromatic carbocycles. The van der Waals surface area contributed by atoms with E-state index in [2.05, 4.69) is 43.5 Å². The van der Waals surface area contributed by atoms with Crippen molar-refractivity contribution < 1.29 is 24.5 Å². The number of aliphatic hydroxyl groups is 2. The van der Waals surface area contributed by atoms with Gasteiger partial charge in [0.25, 0.3) is 0 Å². The second-order valence-corrected chi connectivity index (χ2v) is 21.7. The van der Waals surface area contributed by atoms with Crippen LogP contribution in [0.25, 0.3) is 0 Å². The van der Waals surface area contributed by atoms with Gasteiger partial charge in [0.05, 0.1) is 25.4 Å². The summed E-state index contributed by atoms with van der Waals surface area (Å²) in [5.41, 5.74) is 0. The molecule has 0 fully saturated rings. The molecule has 0 rings (SSSR count). The minimum absolute atomic E-state index is 0.0174. The summed E-state index contributed by atoms with van der Waals surface area (Å²) in [6.45, 7) is 4.87. The number of amides is 1. The van der Waals surface area contributed by atoms with Gasteiger partial charge in [0.1, 0.15) is 0 Å². The van der Waals surface area contributed by atoms with Crippen molar-refractivity contribution >= 4 is 11.9 Å². The Balaban J connectivity index is 3.48. The van der Waals surface area contributed by atoms with Gasteiger partial charge in [-0.05, 0) is 64.2 Å². The van der Waals surface area contributed by atoms with Crippen molar-refractivity contribution in [2.75, 3.05) is 13.2 Å². The van der Waals surface area contributed by atoms with Crippen molar-refractivity contribution in [3.63, 3.8) is 0 Å². The fourth-order valence-electron chi connectivity index (χ4n) is 9.78. The number of allylic oxidation sites excluding steroid dienone is 5. The van der Waals surface area contributed by atoms with Gasteiger partial charge in [-0.15, -0.1) is 0 Å². The molecule has 0 saturated heterocycles. The average molecular weight is 999 g/mol. The van der Waals surface area contributed by atoms with Crippen LogP contribution in [-0.4, -0.2) is 47.4 Å². The first-order valence-electron chi connectivity index (χ1n) is 31.8. The van der Waals surface area contributed by atoms with Gasteiger partial charge in [0.15, 0.2) is 0 Å². The Kier molecular flexibility index (Phi) is 59.0. The number of carbonyl (C=O) groups is 2. The Hall–Kier alpha value is -1.92. The molecule has 2 atom stereocenters. The van der Waals surface area contributed by atoms with Crippen molar-refractivity contribution in [3.8, 4) is 0 Å². The van der Waals surface area contributed by atoms with Gasteiger partial charge in [-0.3, -0.25) is 9.59 Å². The van der Waals surface area contributed by atoms with E-state index in [1.807, 2.05) is 6.08 Å². The zero-order valence-corrected chi connectivity index (χ0v) is 47.7. The molecule has 2 unspecified atom stereocenters. The monoisotopic (exact) mass is 998 g/mol. The second-order valence-electron chi connectivity index (χ2n) is 21.7. The van der Waals surface area contributed by atoms with Crippen molar-refractivity contribution in [1.82, 2.24) is 5.32 Å². The van der Waals surface area contributed by atoms with Crippen molar-refractivity contribution in [1.29, 1.82) is 0 Å². The van der Waals surface area contributed by atoms with Gasteiger partial charge in [0, 0.05) is 12.8 Å². The molecule has 0 aromatic rings. The molecule has 1 amide bonds. The standard InChI is InChI=1S/C65H123NO5/c1-3-5-7-9-11-13-15-17-19-21-23-24-25-26-27-28-29-31-33-37-41-45-49-53-57-63(68)62(61-67)66-64(69)58-54-50-46-42-38-35-36-40-44-48-52-56-60-71-65(70)59-55-51-47-43-39-34-32-30-22-20-18-16-14-12-10-8-6-4-2/h14,16,20,22,53,57,62-63,67-68H,3-13,15,17-19,21,23-52,54-56,58-61H2,1-2H3,(H,66,69)/b16-14-,22-20-,57-53+. The van der Waals surface area contributed by atoms with Crippen molar-refractivity contribution in [2.45, 2.75) is 353 Å². The summed E-state index contributed by atoms with van der Waals surface area (Å²) in [6, 6.07) is -0.642. The lowest BCUT2D eigenvalue weighted by molar-refractivity contribution is -0.143. The Morgan fingerprint density at radius 3 is 1.08 bits per heavy atom. The lowest BCUT2D eigenvalue weighted by Gasteiger charge is -2.20. The number of hydrogen-bond acceptors (Lipinski definition) is 5. The molecule has 0 saturated carbocycles. The summed E-state index contributed by atoms with van der Waals surface area (Å²) in [5, 5.41) is 23.2. The number of hydrogen-bond donors (Lipinski definition) is 3. The molecule has 3 N–H and O–H groups in total. The van der Waals surface area contributed by atoms with Crippen LogP contribution in [0.2, 0.25) is 0 Å². The number of carbonyl (C=O) groups excluding carboxylic acids is 2. The predicted molar refractivity (Wildman–Crippen MR) is 310 cm³/mol. The van der Waals surface area contributed by atoms with Crippen molar-refractivity contribution in [3.05, 3.63) is 36.5 Å². The molecular formula is C65H123NO5. The van der Waals surface area contributed by atoms with Crippen LogP contribution in [0, 0.1) is 0 Å². The van der Waals surface area contributed by atoms with Gasteiger partial charge in [0.2, 0.25) is 5.91 Å². The van der Waals surface area contributed by atoms with Crippen LogP contribution in [0.5, 0.6) is 0 Å². The summed E-state index contributed by atoms with van der Waals surface area (Å²) < 4.78 is 5.48. The third kappa shape index (κ3) is 57.2. The van der Waals surface area contributed by atoms with E-state index < -0.39 is 12.1 Å². The second kappa shape index (κ2) is 60.6. The number of aliphatic hydroxyl groups excluding tert-OH is 2. The molecule has 0 aliphatic heterocycles. The highest BCUT2D eigenvalue weighted by atomic mass is 16.5. The van der Waals surface area contributed by atoms with Gasteiger partial charge < -0.3 is 20.3 Å². The molecule has 6 heteroatoms. The van der Waals surface area contributed by atoms with E-state index in [1.54, 1.807) is 6.08 Å². The van der Waals surface area contributed by atoms with E-state index in [4.69, 9.17) is 4.74 Å². The zero-order valence-electron chi connectivity index (χ0n) is 47.7. The van der Waals surface area contributed by atoms with Crippen LogP contribution in [-0.2, 0) is 14.3 Å². The first-order valence-corrected chi connectivity index (χ1v) is 31.8. The maximum atomic E-state index is 12.5. The number of ether oxygens (including phenoxy) is 1. The molecule has 418 valence electrons. The van der Waals surface area contributed by atoms with Crippen molar-refractivity contribution in [2.24, 2.45) is 0 Å². The highest BCUT2D eigenvalue weighted by Gasteiger charge is 2.18. The minimum atomic E-state index is -0.857. The summed E-state index contributed by atoms with van der Waals surface area (Å²) in [5.74, 6) is -0.0984. The van der Waals surface area contributed by atoms with Gasteiger partial charge in [-0.1, -0.05) is 301 Å². The smallest absolute Gasteiger partial charge is 0.305 e. The third-order valence-corrected chi connectivity index (χ3v) is 14.7. The molecular weight excluding hydrogens is 875 g/mol. The predicted octanol–water partition coefficient (Wildman–Crippen LogP) is 20.0. The summed E-state index contributed by atoms with van der Waals surface area (Å²) in [7, 11) is 0. The molecule has 0 aliphatic rings. The molecule has 0 bridgehead atoms. The first kappa shape index (κ1) is 69.1. The summed E-state index contributed by atoms with van der Waals surface area (Å²) in [4.78, 5) is 24.6. The summed E-state index contributed by atoms with van der Waals surface area (Å²) >= 11 is 0. The average Bonchev–Trinajstić information content (AvgIpc) is 3.37. The Bertz CT molecular complexity index is 1150. The number of rotatable bonds is 59. The van der Waals surface area contributed by atoms with Crippen LogP contribution in [0.15, 0.2) is 36.5 Å². The van der Waals surface area contributed by atoms with Crippen LogP contribution in [0.4, 0.5) is 0 Å². The normalized spacial score (nSPS) is 12.8. The highest BCUT2D eigenvalue weighted by molar-refractivity contribution is 5.76. The zero-order chi connectivity index (χ0) is 51.4. The molecule has 0 heterocycles. The lowest BCUT2D eigenvalue weighted by atomic mass is 10.0. The first-order chi connectivity index (χ1) is 35.0. The molecule has 0 spiro atoms. The molecule has 6 nitrogen and oxygen atoms in total. The maximum Gasteiger partial charge on any atom is 0.305 e. The quantitative estimate of drug-likeness (QED) is 0.0321. The van der Waals surface area contributed by atoms with Crippen LogP contribution in [0.1, 0.15) is 341 Å². The number of unbranched alkanes of at least 4 members (excludes halogenated alkanes) is 44. The topological polar surface area (TPSA) is 95.9 Å². The fourth-order valence-corrected chi connectivity index (χ4v) is 9.78. The number of esters is 1. The van der Waals surface area contributed by atoms with Crippen LogP contribution in [0.3, 0.4) is 0 Å². The van der Waals surface area contributed by atoms with E-state index >= 15 is 0 Å².